The number of nitrogens with zero attached hydrogens (tertiary/aromatic N) is 3. The monoisotopic (exact) mass is 269 g/mol. The summed E-state index contributed by atoms with van der Waals surface area (Å²) in [7, 11) is 0. The number of aromatic amines is 1. The van der Waals surface area contributed by atoms with E-state index in [2.05, 4.69) is 25.9 Å². The molecule has 1 aromatic carbocycles. The van der Waals surface area contributed by atoms with Crippen LogP contribution in [0, 0.1) is 6.92 Å². The van der Waals surface area contributed by atoms with Gasteiger partial charge in [0.25, 0.3) is 5.91 Å². The molecule has 0 saturated carbocycles. The Hall–Kier alpha value is -2.96. The van der Waals surface area contributed by atoms with Gasteiger partial charge in [-0.05, 0) is 42.5 Å². The van der Waals surface area contributed by atoms with Gasteiger partial charge in [0, 0.05) is 11.3 Å². The Morgan fingerprint density at radius 3 is 2.65 bits per heavy atom. The topological polar surface area (TPSA) is 96.7 Å². The first kappa shape index (κ1) is 12.1. The average molecular weight is 269 g/mol. The van der Waals surface area contributed by atoms with Crippen LogP contribution in [0.1, 0.15) is 16.1 Å². The number of aryl methyl sites for hydroxylation is 1. The number of aromatic nitrogens is 4. The van der Waals surface area contributed by atoms with Crippen molar-refractivity contribution >= 4 is 11.6 Å². The number of furan rings is 1. The number of tetrazole rings is 1. The van der Waals surface area contributed by atoms with E-state index in [1.165, 1.54) is 6.26 Å². The van der Waals surface area contributed by atoms with Crippen molar-refractivity contribution in [1.82, 2.24) is 20.6 Å². The van der Waals surface area contributed by atoms with Crippen LogP contribution in [0.2, 0.25) is 0 Å². The third-order valence-electron chi connectivity index (χ3n) is 2.85. The van der Waals surface area contributed by atoms with Crippen LogP contribution in [-0.4, -0.2) is 26.5 Å². The Morgan fingerprint density at radius 1 is 1.25 bits per heavy atom. The second-order valence-electron chi connectivity index (χ2n) is 4.16. The molecule has 1 amide bonds. The molecule has 7 heteroatoms. The molecule has 0 saturated heterocycles. The lowest BCUT2D eigenvalue weighted by Crippen LogP contribution is -2.11. The summed E-state index contributed by atoms with van der Waals surface area (Å²) in [4.78, 5) is 12.0. The third-order valence-corrected chi connectivity index (χ3v) is 2.85. The predicted octanol–water partition coefficient (Wildman–Crippen LogP) is 2.02. The summed E-state index contributed by atoms with van der Waals surface area (Å²) in [5.41, 5.74) is 2.02. The summed E-state index contributed by atoms with van der Waals surface area (Å²) in [6.45, 7) is 1.74. The number of H-pyrrole nitrogens is 1. The number of carbonyl (C=O) groups is 1. The zero-order chi connectivity index (χ0) is 13.9. The Kier molecular flexibility index (Phi) is 3.00. The van der Waals surface area contributed by atoms with Crippen LogP contribution >= 0.6 is 0 Å². The van der Waals surface area contributed by atoms with Crippen molar-refractivity contribution in [1.29, 1.82) is 0 Å². The van der Waals surface area contributed by atoms with Gasteiger partial charge in [0.1, 0.15) is 5.76 Å². The fourth-order valence-corrected chi connectivity index (χ4v) is 1.81. The van der Waals surface area contributed by atoms with Crippen LogP contribution in [0.5, 0.6) is 0 Å². The van der Waals surface area contributed by atoms with E-state index in [0.29, 0.717) is 22.8 Å². The van der Waals surface area contributed by atoms with Gasteiger partial charge in [-0.25, -0.2) is 0 Å². The van der Waals surface area contributed by atoms with Gasteiger partial charge in [0.2, 0.25) is 5.82 Å². The van der Waals surface area contributed by atoms with E-state index in [4.69, 9.17) is 4.42 Å². The van der Waals surface area contributed by atoms with Crippen LogP contribution in [0.4, 0.5) is 5.69 Å². The second kappa shape index (κ2) is 4.96. The van der Waals surface area contributed by atoms with E-state index in [0.717, 1.165) is 5.56 Å². The lowest BCUT2D eigenvalue weighted by atomic mass is 10.2. The number of benzene rings is 1. The number of anilines is 1. The molecule has 2 N–H and O–H groups in total. The molecule has 3 rings (SSSR count). The number of rotatable bonds is 3. The maximum atomic E-state index is 12.0. The van der Waals surface area contributed by atoms with Gasteiger partial charge >= 0.3 is 0 Å². The highest BCUT2D eigenvalue weighted by atomic mass is 16.3. The molecule has 20 heavy (non-hydrogen) atoms. The first-order chi connectivity index (χ1) is 9.74. The van der Waals surface area contributed by atoms with Crippen molar-refractivity contribution in [3.05, 3.63) is 47.9 Å². The molecular formula is C13H11N5O2. The van der Waals surface area contributed by atoms with E-state index >= 15 is 0 Å². The molecule has 0 atom stereocenters. The van der Waals surface area contributed by atoms with Gasteiger partial charge in [0.15, 0.2) is 0 Å². The minimum Gasteiger partial charge on any atom is -0.469 e. The summed E-state index contributed by atoms with van der Waals surface area (Å²) >= 11 is 0. The predicted molar refractivity (Wildman–Crippen MR) is 71.0 cm³/mol. The molecule has 0 radical (unpaired) electrons. The standard InChI is InChI=1S/C13H11N5O2/c1-8-11(6-7-20-8)13(19)14-10-4-2-9(3-5-10)12-15-17-18-16-12/h2-7H,1H3,(H,14,19)(H,15,16,17,18). The number of hydrogen-bond acceptors (Lipinski definition) is 5. The Balaban J connectivity index is 1.76. The molecule has 2 heterocycles. The summed E-state index contributed by atoms with van der Waals surface area (Å²) < 4.78 is 5.10. The number of nitrogens with one attached hydrogen (secondary N) is 2. The van der Waals surface area contributed by atoms with E-state index in [-0.39, 0.29) is 5.91 Å². The lowest BCUT2D eigenvalue weighted by Gasteiger charge is -2.04. The largest absolute Gasteiger partial charge is 0.469 e. The molecular weight excluding hydrogens is 258 g/mol. The molecule has 0 unspecified atom stereocenters. The van der Waals surface area contributed by atoms with Crippen molar-refractivity contribution < 1.29 is 9.21 Å². The zero-order valence-electron chi connectivity index (χ0n) is 10.6. The Morgan fingerprint density at radius 2 is 2.05 bits per heavy atom. The smallest absolute Gasteiger partial charge is 0.259 e. The van der Waals surface area contributed by atoms with Crippen LogP contribution in [-0.2, 0) is 0 Å². The van der Waals surface area contributed by atoms with Crippen LogP contribution in [0.25, 0.3) is 11.4 Å². The molecule has 0 aliphatic rings. The maximum Gasteiger partial charge on any atom is 0.259 e. The fourth-order valence-electron chi connectivity index (χ4n) is 1.81. The van der Waals surface area contributed by atoms with Gasteiger partial charge in [-0.1, -0.05) is 0 Å². The molecule has 3 aromatic rings. The Labute approximate surface area is 114 Å². The van der Waals surface area contributed by atoms with Crippen LogP contribution < -0.4 is 5.32 Å². The van der Waals surface area contributed by atoms with Gasteiger partial charge in [-0.15, -0.1) is 10.2 Å². The summed E-state index contributed by atoms with van der Waals surface area (Å²) in [6.07, 6.45) is 1.49. The highest BCUT2D eigenvalue weighted by Crippen LogP contribution is 2.18. The molecule has 100 valence electrons. The number of hydrogen-bond donors (Lipinski definition) is 2. The number of amides is 1. The van der Waals surface area contributed by atoms with E-state index in [1.54, 1.807) is 25.1 Å². The average Bonchev–Trinajstić information content (AvgIpc) is 3.10. The van der Waals surface area contributed by atoms with Crippen LogP contribution in [0.3, 0.4) is 0 Å². The van der Waals surface area contributed by atoms with E-state index < -0.39 is 0 Å². The Bertz CT molecular complexity index is 716. The molecule has 0 bridgehead atoms. The minimum atomic E-state index is -0.205. The summed E-state index contributed by atoms with van der Waals surface area (Å²) in [6, 6.07) is 8.81. The third kappa shape index (κ3) is 2.28. The maximum absolute atomic E-state index is 12.0. The molecule has 0 fully saturated rings. The zero-order valence-corrected chi connectivity index (χ0v) is 10.6. The lowest BCUT2D eigenvalue weighted by molar-refractivity contribution is 0.102. The number of carbonyl (C=O) groups excluding carboxylic acids is 1. The molecule has 0 aliphatic heterocycles. The van der Waals surface area contributed by atoms with Gasteiger partial charge in [-0.2, -0.15) is 5.21 Å². The fraction of sp³-hybridized carbons (Fsp3) is 0.0769. The van der Waals surface area contributed by atoms with Gasteiger partial charge in [0.05, 0.1) is 11.8 Å². The van der Waals surface area contributed by atoms with E-state index in [9.17, 15) is 4.79 Å². The highest BCUT2D eigenvalue weighted by molar-refractivity contribution is 6.04. The SMILES string of the molecule is Cc1occc1C(=O)Nc1ccc(-c2nn[nH]n2)cc1. The van der Waals surface area contributed by atoms with Crippen molar-refractivity contribution in [2.24, 2.45) is 0 Å². The molecule has 0 spiro atoms. The summed E-state index contributed by atoms with van der Waals surface area (Å²) in [5.74, 6) is 0.892. The van der Waals surface area contributed by atoms with Crippen molar-refractivity contribution in [2.75, 3.05) is 5.32 Å². The van der Waals surface area contributed by atoms with Crippen molar-refractivity contribution in [3.63, 3.8) is 0 Å². The van der Waals surface area contributed by atoms with Crippen LogP contribution in [0.15, 0.2) is 41.0 Å². The molecule has 2 aromatic heterocycles. The van der Waals surface area contributed by atoms with Gasteiger partial charge in [-0.3, -0.25) is 4.79 Å². The highest BCUT2D eigenvalue weighted by Gasteiger charge is 2.11. The van der Waals surface area contributed by atoms with E-state index in [1.807, 2.05) is 12.1 Å². The van der Waals surface area contributed by atoms with Gasteiger partial charge < -0.3 is 9.73 Å². The quantitative estimate of drug-likeness (QED) is 0.758. The molecule has 0 aliphatic carbocycles. The first-order valence-corrected chi connectivity index (χ1v) is 5.93. The minimum absolute atomic E-state index is 0.205. The molecule has 7 nitrogen and oxygen atoms in total. The van der Waals surface area contributed by atoms with Crippen molar-refractivity contribution in [3.8, 4) is 11.4 Å². The van der Waals surface area contributed by atoms with Crippen molar-refractivity contribution in [2.45, 2.75) is 6.92 Å². The second-order valence-corrected chi connectivity index (χ2v) is 4.16. The summed E-state index contributed by atoms with van der Waals surface area (Å²) in [5, 5.41) is 16.4. The first-order valence-electron chi connectivity index (χ1n) is 5.93. The normalized spacial score (nSPS) is 10.4.